The first-order valence-electron chi connectivity index (χ1n) is 8.45. The van der Waals surface area contributed by atoms with Crippen LogP contribution in [0.5, 0.6) is 5.75 Å². The summed E-state index contributed by atoms with van der Waals surface area (Å²) in [7, 11) is 3.74. The molecule has 0 bridgehead atoms. The second-order valence-corrected chi connectivity index (χ2v) is 6.58. The van der Waals surface area contributed by atoms with Crippen molar-refractivity contribution in [2.75, 3.05) is 32.5 Å². The molecule has 2 aromatic carbocycles. The summed E-state index contributed by atoms with van der Waals surface area (Å²) in [6.45, 7) is 1.85. The van der Waals surface area contributed by atoms with E-state index in [1.54, 1.807) is 48.3 Å². The first kappa shape index (κ1) is 17.2. The summed E-state index contributed by atoms with van der Waals surface area (Å²) >= 11 is 0. The summed E-state index contributed by atoms with van der Waals surface area (Å²) in [6, 6.07) is 10.4. The van der Waals surface area contributed by atoms with E-state index in [2.05, 4.69) is 17.3 Å². The van der Waals surface area contributed by atoms with Gasteiger partial charge >= 0.3 is 11.8 Å². The largest absolute Gasteiger partial charge is 0.507 e. The van der Waals surface area contributed by atoms with E-state index in [0.717, 1.165) is 25.9 Å². The average molecular weight is 341 g/mol. The van der Waals surface area contributed by atoms with Crippen LogP contribution in [0, 0.1) is 0 Å². The molecule has 0 aliphatic carbocycles. The number of hydrogen-bond acceptors (Lipinski definition) is 4. The molecule has 1 fully saturated rings. The van der Waals surface area contributed by atoms with Gasteiger partial charge in [-0.1, -0.05) is 24.3 Å². The maximum atomic E-state index is 12.5. The van der Waals surface area contributed by atoms with Gasteiger partial charge in [0.15, 0.2) is 0 Å². The van der Waals surface area contributed by atoms with Crippen LogP contribution in [0.15, 0.2) is 36.4 Å². The van der Waals surface area contributed by atoms with Gasteiger partial charge in [-0.3, -0.25) is 9.59 Å². The van der Waals surface area contributed by atoms with Gasteiger partial charge in [-0.25, -0.2) is 0 Å². The highest BCUT2D eigenvalue weighted by Gasteiger charge is 2.28. The summed E-state index contributed by atoms with van der Waals surface area (Å²) in [4.78, 5) is 28.7. The molecule has 132 valence electrons. The van der Waals surface area contributed by atoms with Gasteiger partial charge in [0, 0.05) is 29.5 Å². The van der Waals surface area contributed by atoms with Crippen molar-refractivity contribution < 1.29 is 14.7 Å². The number of carbonyl (C=O) groups excluding carboxylic acids is 2. The lowest BCUT2D eigenvalue weighted by Crippen LogP contribution is -2.47. The molecule has 6 nitrogen and oxygen atoms in total. The number of piperidine rings is 1. The normalized spacial score (nSPS) is 15.9. The number of carbonyl (C=O) groups is 2. The van der Waals surface area contributed by atoms with Crippen molar-refractivity contribution >= 4 is 28.3 Å². The molecule has 0 spiro atoms. The number of phenolic OH excluding ortho intramolecular Hbond substituents is 1. The molecular weight excluding hydrogens is 318 g/mol. The van der Waals surface area contributed by atoms with Crippen molar-refractivity contribution in [2.24, 2.45) is 0 Å². The highest BCUT2D eigenvalue weighted by atomic mass is 16.3. The number of nitrogens with zero attached hydrogens (tertiary/aromatic N) is 2. The lowest BCUT2D eigenvalue weighted by molar-refractivity contribution is -0.144. The molecule has 1 aliphatic heterocycles. The van der Waals surface area contributed by atoms with Gasteiger partial charge in [-0.05, 0) is 45.1 Å². The van der Waals surface area contributed by atoms with Crippen LogP contribution in [0.3, 0.4) is 0 Å². The molecule has 0 saturated carbocycles. The zero-order chi connectivity index (χ0) is 18.0. The zero-order valence-corrected chi connectivity index (χ0v) is 14.5. The third-order valence-corrected chi connectivity index (χ3v) is 4.90. The lowest BCUT2D eigenvalue weighted by atomic mass is 10.0. The van der Waals surface area contributed by atoms with Gasteiger partial charge in [0.05, 0.1) is 0 Å². The van der Waals surface area contributed by atoms with Crippen LogP contribution in [0.2, 0.25) is 0 Å². The van der Waals surface area contributed by atoms with Gasteiger partial charge in [-0.2, -0.15) is 0 Å². The van der Waals surface area contributed by atoms with E-state index < -0.39 is 11.8 Å². The fraction of sp³-hybridized carbons (Fsp3) is 0.368. The van der Waals surface area contributed by atoms with Crippen LogP contribution in [0.1, 0.15) is 12.8 Å². The van der Waals surface area contributed by atoms with E-state index in [1.165, 1.54) is 0 Å². The topological polar surface area (TPSA) is 72.9 Å². The second kappa shape index (κ2) is 7.11. The minimum atomic E-state index is -0.655. The SMILES string of the molecule is CN1CCC(N(C)C(=O)C(=O)Nc2cccc3c(O)cccc23)CC1. The molecule has 0 atom stereocenters. The van der Waals surface area contributed by atoms with Gasteiger partial charge in [-0.15, -0.1) is 0 Å². The number of hydrogen-bond donors (Lipinski definition) is 2. The van der Waals surface area contributed by atoms with E-state index in [-0.39, 0.29) is 11.8 Å². The number of aromatic hydroxyl groups is 1. The van der Waals surface area contributed by atoms with E-state index in [1.807, 2.05) is 0 Å². The monoisotopic (exact) mass is 341 g/mol. The number of phenols is 1. The Hall–Kier alpha value is -2.60. The van der Waals surface area contributed by atoms with E-state index in [0.29, 0.717) is 16.5 Å². The fourth-order valence-corrected chi connectivity index (χ4v) is 3.29. The molecule has 0 radical (unpaired) electrons. The van der Waals surface area contributed by atoms with Crippen LogP contribution in [0.4, 0.5) is 5.69 Å². The Labute approximate surface area is 147 Å². The third kappa shape index (κ3) is 3.58. The number of amides is 2. The van der Waals surface area contributed by atoms with Crippen LogP contribution < -0.4 is 5.32 Å². The van der Waals surface area contributed by atoms with Gasteiger partial charge < -0.3 is 20.2 Å². The van der Waals surface area contributed by atoms with E-state index in [9.17, 15) is 14.7 Å². The maximum Gasteiger partial charge on any atom is 0.313 e. The van der Waals surface area contributed by atoms with Crippen molar-refractivity contribution in [2.45, 2.75) is 18.9 Å². The molecular formula is C19H23N3O3. The van der Waals surface area contributed by atoms with Crippen molar-refractivity contribution in [3.63, 3.8) is 0 Å². The first-order chi connectivity index (χ1) is 12.0. The molecule has 1 saturated heterocycles. The van der Waals surface area contributed by atoms with E-state index in [4.69, 9.17) is 0 Å². The lowest BCUT2D eigenvalue weighted by Gasteiger charge is -2.34. The second-order valence-electron chi connectivity index (χ2n) is 6.58. The number of rotatable bonds is 2. The van der Waals surface area contributed by atoms with Gasteiger partial charge in [0.25, 0.3) is 0 Å². The minimum absolute atomic E-state index is 0.0889. The minimum Gasteiger partial charge on any atom is -0.507 e. The summed E-state index contributed by atoms with van der Waals surface area (Å²) in [6.07, 6.45) is 1.74. The Bertz CT molecular complexity index is 798. The van der Waals surface area contributed by atoms with Crippen molar-refractivity contribution in [3.8, 4) is 5.75 Å². The van der Waals surface area contributed by atoms with Gasteiger partial charge in [0.1, 0.15) is 5.75 Å². The van der Waals surface area contributed by atoms with Crippen LogP contribution >= 0.6 is 0 Å². The number of anilines is 1. The van der Waals surface area contributed by atoms with Crippen LogP contribution in [-0.4, -0.2) is 59.9 Å². The van der Waals surface area contributed by atoms with Crippen molar-refractivity contribution in [3.05, 3.63) is 36.4 Å². The quantitative estimate of drug-likeness (QED) is 0.820. The summed E-state index contributed by atoms with van der Waals surface area (Å²) in [5.74, 6) is -1.05. The Morgan fingerprint density at radius 1 is 1.12 bits per heavy atom. The van der Waals surface area contributed by atoms with E-state index >= 15 is 0 Å². The van der Waals surface area contributed by atoms with Gasteiger partial charge in [0.2, 0.25) is 0 Å². The molecule has 0 unspecified atom stereocenters. The molecule has 3 rings (SSSR count). The molecule has 0 aromatic heterocycles. The predicted octanol–water partition coefficient (Wildman–Crippen LogP) is 2.04. The number of nitrogens with one attached hydrogen (secondary N) is 1. The molecule has 2 amide bonds. The predicted molar refractivity (Wildman–Crippen MR) is 97.5 cm³/mol. The maximum absolute atomic E-state index is 12.5. The molecule has 25 heavy (non-hydrogen) atoms. The van der Waals surface area contributed by atoms with Crippen LogP contribution in [-0.2, 0) is 9.59 Å². The zero-order valence-electron chi connectivity index (χ0n) is 14.5. The van der Waals surface area contributed by atoms with Crippen molar-refractivity contribution in [1.29, 1.82) is 0 Å². The Morgan fingerprint density at radius 2 is 1.76 bits per heavy atom. The number of fused-ring (bicyclic) bond motifs is 1. The summed E-state index contributed by atoms with van der Waals surface area (Å²) in [5.41, 5.74) is 0.517. The highest BCUT2D eigenvalue weighted by Crippen LogP contribution is 2.29. The molecule has 1 heterocycles. The smallest absolute Gasteiger partial charge is 0.313 e. The standard InChI is InChI=1S/C19H23N3O3/c1-21-11-9-13(10-12-21)22(2)19(25)18(24)20-16-7-3-6-15-14(16)5-4-8-17(15)23/h3-8,13,23H,9-12H2,1-2H3,(H,20,24). The van der Waals surface area contributed by atoms with Crippen molar-refractivity contribution in [1.82, 2.24) is 9.80 Å². The number of likely N-dealkylation sites (tertiary alicyclic amines) is 1. The summed E-state index contributed by atoms with van der Waals surface area (Å²) in [5, 5.41) is 14.0. The molecule has 6 heteroatoms. The number of likely N-dealkylation sites (N-methyl/N-ethyl adjacent to an activating group) is 1. The van der Waals surface area contributed by atoms with Crippen LogP contribution in [0.25, 0.3) is 10.8 Å². The average Bonchev–Trinajstić information content (AvgIpc) is 2.62. The first-order valence-corrected chi connectivity index (χ1v) is 8.45. The Kier molecular flexibility index (Phi) is 4.90. The molecule has 2 N–H and O–H groups in total. The fourth-order valence-electron chi connectivity index (χ4n) is 3.29. The Balaban J connectivity index is 1.74. The third-order valence-electron chi connectivity index (χ3n) is 4.90. The molecule has 2 aromatic rings. The molecule has 1 aliphatic rings. The number of benzene rings is 2. The Morgan fingerprint density at radius 3 is 2.48 bits per heavy atom. The highest BCUT2D eigenvalue weighted by molar-refractivity contribution is 6.40. The summed E-state index contributed by atoms with van der Waals surface area (Å²) < 4.78 is 0.